The van der Waals surface area contributed by atoms with E-state index in [1.54, 1.807) is 0 Å². The van der Waals surface area contributed by atoms with Crippen molar-refractivity contribution >= 4 is 11.9 Å². The van der Waals surface area contributed by atoms with Crippen LogP contribution in [0.1, 0.15) is 23.2 Å². The molecule has 0 aliphatic heterocycles. The number of methoxy groups -OCH3 is 2. The zero-order valence-electron chi connectivity index (χ0n) is 11.2. The van der Waals surface area contributed by atoms with E-state index >= 15 is 0 Å². The predicted molar refractivity (Wildman–Crippen MR) is 68.7 cm³/mol. The van der Waals surface area contributed by atoms with E-state index in [0.717, 1.165) is 6.07 Å². The highest BCUT2D eigenvalue weighted by Crippen LogP contribution is 2.29. The number of ether oxygens (including phenoxy) is 2. The number of hydrogen-bond acceptors (Lipinski definition) is 4. The van der Waals surface area contributed by atoms with E-state index in [4.69, 9.17) is 14.6 Å². The van der Waals surface area contributed by atoms with Gasteiger partial charge in [-0.2, -0.15) is 0 Å². The molecule has 0 aliphatic rings. The van der Waals surface area contributed by atoms with Gasteiger partial charge in [-0.15, -0.1) is 0 Å². The van der Waals surface area contributed by atoms with Crippen LogP contribution in [-0.2, 0) is 4.79 Å². The third kappa shape index (κ3) is 4.11. The summed E-state index contributed by atoms with van der Waals surface area (Å²) < 4.78 is 23.7. The van der Waals surface area contributed by atoms with Crippen molar-refractivity contribution in [1.82, 2.24) is 5.32 Å². The Morgan fingerprint density at radius 1 is 1.25 bits per heavy atom. The van der Waals surface area contributed by atoms with Crippen LogP contribution in [0.4, 0.5) is 4.39 Å². The molecule has 7 heteroatoms. The third-order valence-corrected chi connectivity index (χ3v) is 2.57. The maximum Gasteiger partial charge on any atom is 0.303 e. The van der Waals surface area contributed by atoms with Crippen molar-refractivity contribution in [1.29, 1.82) is 0 Å². The molecule has 0 spiro atoms. The lowest BCUT2D eigenvalue weighted by atomic mass is 10.1. The molecule has 1 aromatic rings. The number of carbonyl (C=O) groups is 2. The number of carboxylic acid groups (broad SMARTS) is 1. The van der Waals surface area contributed by atoms with Crippen LogP contribution in [-0.4, -0.2) is 37.7 Å². The molecule has 6 nitrogen and oxygen atoms in total. The van der Waals surface area contributed by atoms with Crippen molar-refractivity contribution in [3.05, 3.63) is 23.5 Å². The summed E-state index contributed by atoms with van der Waals surface area (Å²) in [6, 6.07) is 2.30. The van der Waals surface area contributed by atoms with E-state index < -0.39 is 17.7 Å². The Labute approximate surface area is 115 Å². The Balaban J connectivity index is 2.75. The van der Waals surface area contributed by atoms with E-state index in [2.05, 4.69) is 5.32 Å². The minimum atomic E-state index is -0.948. The first-order valence-electron chi connectivity index (χ1n) is 5.91. The summed E-state index contributed by atoms with van der Waals surface area (Å²) in [5.41, 5.74) is -0.182. The molecule has 0 saturated carbocycles. The Kier molecular flexibility index (Phi) is 5.76. The lowest BCUT2D eigenvalue weighted by Crippen LogP contribution is -2.25. The van der Waals surface area contributed by atoms with Crippen LogP contribution < -0.4 is 14.8 Å². The predicted octanol–water partition coefficient (Wildman–Crippen LogP) is 1.44. The minimum Gasteiger partial charge on any atom is -0.493 e. The molecule has 110 valence electrons. The summed E-state index contributed by atoms with van der Waals surface area (Å²) in [5, 5.41) is 10.9. The first-order valence-corrected chi connectivity index (χ1v) is 5.91. The van der Waals surface area contributed by atoms with Crippen molar-refractivity contribution in [2.24, 2.45) is 0 Å². The van der Waals surface area contributed by atoms with Gasteiger partial charge in [-0.25, -0.2) is 4.39 Å². The quantitative estimate of drug-likeness (QED) is 0.740. The summed E-state index contributed by atoms with van der Waals surface area (Å²) in [4.78, 5) is 22.1. The second-order valence-electron chi connectivity index (χ2n) is 3.94. The van der Waals surface area contributed by atoms with Crippen molar-refractivity contribution in [2.75, 3.05) is 20.8 Å². The van der Waals surface area contributed by atoms with Crippen molar-refractivity contribution < 1.29 is 28.6 Å². The van der Waals surface area contributed by atoms with Crippen molar-refractivity contribution in [2.45, 2.75) is 12.8 Å². The summed E-state index contributed by atoms with van der Waals surface area (Å²) in [6.07, 6.45) is 0.213. The maximum atomic E-state index is 13.8. The number of rotatable bonds is 7. The molecule has 0 aromatic heterocycles. The third-order valence-electron chi connectivity index (χ3n) is 2.57. The second kappa shape index (κ2) is 7.32. The zero-order valence-corrected chi connectivity index (χ0v) is 11.2. The van der Waals surface area contributed by atoms with E-state index in [1.807, 2.05) is 0 Å². The fourth-order valence-corrected chi connectivity index (χ4v) is 1.56. The number of benzene rings is 1. The molecule has 1 amide bonds. The molecule has 1 aromatic carbocycles. The smallest absolute Gasteiger partial charge is 0.303 e. The highest BCUT2D eigenvalue weighted by atomic mass is 19.1. The lowest BCUT2D eigenvalue weighted by molar-refractivity contribution is -0.137. The molecule has 0 unspecified atom stereocenters. The monoisotopic (exact) mass is 285 g/mol. The van der Waals surface area contributed by atoms with E-state index in [1.165, 1.54) is 20.3 Å². The summed E-state index contributed by atoms with van der Waals surface area (Å²) in [7, 11) is 2.74. The molecule has 0 saturated heterocycles. The lowest BCUT2D eigenvalue weighted by Gasteiger charge is -2.11. The Hall–Kier alpha value is -2.31. The Morgan fingerprint density at radius 2 is 1.85 bits per heavy atom. The maximum absolute atomic E-state index is 13.8. The van der Waals surface area contributed by atoms with Gasteiger partial charge in [0.05, 0.1) is 19.8 Å². The highest BCUT2D eigenvalue weighted by molar-refractivity contribution is 5.95. The van der Waals surface area contributed by atoms with Crippen LogP contribution in [0.2, 0.25) is 0 Å². The van der Waals surface area contributed by atoms with Gasteiger partial charge in [0, 0.05) is 19.0 Å². The van der Waals surface area contributed by atoms with E-state index in [9.17, 15) is 14.0 Å². The first-order chi connectivity index (χ1) is 9.49. The number of aliphatic carboxylic acids is 1. The van der Waals surface area contributed by atoms with Gasteiger partial charge in [0.25, 0.3) is 5.91 Å². The van der Waals surface area contributed by atoms with Crippen LogP contribution in [0, 0.1) is 5.82 Å². The Bertz CT molecular complexity index is 504. The molecule has 0 bridgehead atoms. The molecular formula is C13H16FNO5. The molecule has 0 atom stereocenters. The minimum absolute atomic E-state index is 0.0608. The molecule has 1 rings (SSSR count). The molecule has 20 heavy (non-hydrogen) atoms. The van der Waals surface area contributed by atoms with Crippen molar-refractivity contribution in [3.8, 4) is 11.5 Å². The first kappa shape index (κ1) is 15.7. The molecule has 0 aliphatic carbocycles. The molecule has 0 radical (unpaired) electrons. The summed E-state index contributed by atoms with van der Waals surface area (Å²) >= 11 is 0. The molecule has 2 N–H and O–H groups in total. The van der Waals surface area contributed by atoms with Crippen LogP contribution in [0.15, 0.2) is 12.1 Å². The average Bonchev–Trinajstić information content (AvgIpc) is 2.42. The number of hydrogen-bond donors (Lipinski definition) is 2. The van der Waals surface area contributed by atoms with Gasteiger partial charge in [-0.3, -0.25) is 9.59 Å². The van der Waals surface area contributed by atoms with E-state index in [-0.39, 0.29) is 36.4 Å². The fraction of sp³-hybridized carbons (Fsp3) is 0.385. The molecular weight excluding hydrogens is 269 g/mol. The molecule has 0 fully saturated rings. The standard InChI is InChI=1S/C13H16FNO5/c1-19-10-6-8(9(14)7-11(10)20-2)13(18)15-5-3-4-12(16)17/h6-7H,3-5H2,1-2H3,(H,15,18)(H,16,17). The molecule has 0 heterocycles. The van der Waals surface area contributed by atoms with Gasteiger partial charge < -0.3 is 19.9 Å². The Morgan fingerprint density at radius 3 is 2.40 bits per heavy atom. The van der Waals surface area contributed by atoms with Gasteiger partial charge >= 0.3 is 5.97 Å². The fourth-order valence-electron chi connectivity index (χ4n) is 1.56. The summed E-state index contributed by atoms with van der Waals surface area (Å²) in [5.74, 6) is -1.89. The van der Waals surface area contributed by atoms with Crippen LogP contribution >= 0.6 is 0 Å². The summed E-state index contributed by atoms with van der Waals surface area (Å²) in [6.45, 7) is 0.152. The van der Waals surface area contributed by atoms with Gasteiger partial charge in [0.2, 0.25) is 0 Å². The zero-order chi connectivity index (χ0) is 15.1. The largest absolute Gasteiger partial charge is 0.493 e. The number of nitrogens with one attached hydrogen (secondary N) is 1. The van der Waals surface area contributed by atoms with Crippen molar-refractivity contribution in [3.63, 3.8) is 0 Å². The number of halogens is 1. The number of carboxylic acids is 1. The SMILES string of the molecule is COc1cc(F)c(C(=O)NCCCC(=O)O)cc1OC. The van der Waals surface area contributed by atoms with Gasteiger partial charge in [0.15, 0.2) is 11.5 Å². The van der Waals surface area contributed by atoms with Gasteiger partial charge in [-0.1, -0.05) is 0 Å². The van der Waals surface area contributed by atoms with E-state index in [0.29, 0.717) is 0 Å². The average molecular weight is 285 g/mol. The number of carbonyl (C=O) groups excluding carboxylic acids is 1. The normalized spacial score (nSPS) is 9.95. The van der Waals surface area contributed by atoms with Gasteiger partial charge in [0.1, 0.15) is 5.82 Å². The number of amides is 1. The van der Waals surface area contributed by atoms with Crippen LogP contribution in [0.25, 0.3) is 0 Å². The highest BCUT2D eigenvalue weighted by Gasteiger charge is 2.16. The second-order valence-corrected chi connectivity index (χ2v) is 3.94. The van der Waals surface area contributed by atoms with Crippen LogP contribution in [0.3, 0.4) is 0 Å². The topological polar surface area (TPSA) is 84.9 Å². The van der Waals surface area contributed by atoms with Gasteiger partial charge in [-0.05, 0) is 12.5 Å². The van der Waals surface area contributed by atoms with Crippen LogP contribution in [0.5, 0.6) is 11.5 Å².